The second kappa shape index (κ2) is 8.82. The van der Waals surface area contributed by atoms with Gasteiger partial charge in [-0.25, -0.2) is 0 Å². The fourth-order valence-corrected chi connectivity index (χ4v) is 2.95. The number of likely N-dealkylation sites (N-methyl/N-ethyl adjacent to an activating group) is 2. The lowest BCUT2D eigenvalue weighted by atomic mass is 10.1. The molecule has 2 fully saturated rings. The summed E-state index contributed by atoms with van der Waals surface area (Å²) in [7, 11) is 4.24. The van der Waals surface area contributed by atoms with E-state index in [0.29, 0.717) is 19.2 Å². The molecule has 1 N–H and O–H groups in total. The minimum Gasteiger partial charge on any atom is -0.376 e. The van der Waals surface area contributed by atoms with Gasteiger partial charge in [-0.2, -0.15) is 0 Å². The van der Waals surface area contributed by atoms with Crippen LogP contribution in [0.2, 0.25) is 0 Å². The van der Waals surface area contributed by atoms with Crippen molar-refractivity contribution in [3.8, 4) is 0 Å². The zero-order chi connectivity index (χ0) is 15.9. The van der Waals surface area contributed by atoms with E-state index in [0.717, 1.165) is 39.1 Å². The quantitative estimate of drug-likeness (QED) is 0.765. The van der Waals surface area contributed by atoms with Crippen LogP contribution in [-0.4, -0.2) is 87.4 Å². The molecule has 22 heavy (non-hydrogen) atoms. The van der Waals surface area contributed by atoms with Crippen molar-refractivity contribution >= 4 is 5.91 Å². The Morgan fingerprint density at radius 2 is 2.18 bits per heavy atom. The minimum absolute atomic E-state index is 0.0302. The number of piperazine rings is 1. The lowest BCUT2D eigenvalue weighted by Crippen LogP contribution is -2.55. The molecule has 0 unspecified atom stereocenters. The molecule has 0 aromatic carbocycles. The summed E-state index contributed by atoms with van der Waals surface area (Å²) in [4.78, 5) is 16.7. The van der Waals surface area contributed by atoms with E-state index in [-0.39, 0.29) is 12.0 Å². The molecule has 3 atom stereocenters. The smallest absolute Gasteiger partial charge is 0.248 e. The van der Waals surface area contributed by atoms with E-state index in [1.807, 2.05) is 6.92 Å². The Hall–Kier alpha value is -0.690. The monoisotopic (exact) mass is 313 g/mol. The Balaban J connectivity index is 1.65. The molecule has 2 saturated heterocycles. The summed E-state index contributed by atoms with van der Waals surface area (Å²) in [5.41, 5.74) is 0. The predicted octanol–water partition coefficient (Wildman–Crippen LogP) is 0.323. The molecule has 6 heteroatoms. The predicted molar refractivity (Wildman–Crippen MR) is 85.9 cm³/mol. The summed E-state index contributed by atoms with van der Waals surface area (Å²) >= 11 is 0. The first-order valence-electron chi connectivity index (χ1n) is 8.46. The normalized spacial score (nSPS) is 29.2. The molecule has 0 saturated carbocycles. The third kappa shape index (κ3) is 5.50. The zero-order valence-electron chi connectivity index (χ0n) is 14.2. The summed E-state index contributed by atoms with van der Waals surface area (Å²) in [6, 6.07) is 0.372. The van der Waals surface area contributed by atoms with E-state index in [2.05, 4.69) is 29.2 Å². The number of rotatable bonds is 6. The molecule has 0 spiro atoms. The Labute approximate surface area is 134 Å². The van der Waals surface area contributed by atoms with Crippen LogP contribution in [0.3, 0.4) is 0 Å². The van der Waals surface area contributed by atoms with Crippen LogP contribution >= 0.6 is 0 Å². The lowest BCUT2D eigenvalue weighted by Gasteiger charge is -2.37. The van der Waals surface area contributed by atoms with Crippen molar-refractivity contribution in [3.05, 3.63) is 0 Å². The van der Waals surface area contributed by atoms with E-state index in [1.54, 1.807) is 0 Å². The number of ether oxygens (including phenoxy) is 2. The van der Waals surface area contributed by atoms with Crippen molar-refractivity contribution in [2.75, 3.05) is 53.5 Å². The summed E-state index contributed by atoms with van der Waals surface area (Å²) in [6.07, 6.45) is 3.10. The first-order chi connectivity index (χ1) is 10.6. The van der Waals surface area contributed by atoms with Crippen LogP contribution in [0, 0.1) is 0 Å². The largest absolute Gasteiger partial charge is 0.376 e. The van der Waals surface area contributed by atoms with Crippen molar-refractivity contribution < 1.29 is 14.3 Å². The molecule has 6 nitrogen and oxygen atoms in total. The van der Waals surface area contributed by atoms with Crippen LogP contribution in [0.15, 0.2) is 0 Å². The van der Waals surface area contributed by atoms with Gasteiger partial charge in [0.15, 0.2) is 0 Å². The number of amides is 1. The van der Waals surface area contributed by atoms with Crippen LogP contribution in [0.25, 0.3) is 0 Å². The van der Waals surface area contributed by atoms with Crippen molar-refractivity contribution in [1.82, 2.24) is 15.1 Å². The van der Waals surface area contributed by atoms with Crippen LogP contribution in [0.5, 0.6) is 0 Å². The van der Waals surface area contributed by atoms with Gasteiger partial charge in [-0.15, -0.1) is 0 Å². The second-order valence-corrected chi connectivity index (χ2v) is 6.61. The highest BCUT2D eigenvalue weighted by Crippen LogP contribution is 2.13. The number of hydrogen-bond acceptors (Lipinski definition) is 5. The summed E-state index contributed by atoms with van der Waals surface area (Å²) in [5, 5.41) is 3.02. The van der Waals surface area contributed by atoms with E-state index in [4.69, 9.17) is 9.47 Å². The second-order valence-electron chi connectivity index (χ2n) is 6.61. The van der Waals surface area contributed by atoms with E-state index in [1.165, 1.54) is 6.42 Å². The van der Waals surface area contributed by atoms with Gasteiger partial charge in [0, 0.05) is 38.8 Å². The number of carbonyl (C=O) groups excluding carboxylic acids is 1. The third-order valence-electron chi connectivity index (χ3n) is 4.67. The Bertz CT molecular complexity index is 348. The van der Waals surface area contributed by atoms with Crippen molar-refractivity contribution in [3.63, 3.8) is 0 Å². The molecule has 0 aromatic heterocycles. The molecule has 2 heterocycles. The highest BCUT2D eigenvalue weighted by molar-refractivity contribution is 5.80. The maximum Gasteiger partial charge on any atom is 0.248 e. The van der Waals surface area contributed by atoms with Gasteiger partial charge in [0.05, 0.1) is 12.7 Å². The molecule has 2 aliphatic heterocycles. The Morgan fingerprint density at radius 3 is 2.91 bits per heavy atom. The maximum atomic E-state index is 12.1. The van der Waals surface area contributed by atoms with Gasteiger partial charge in [-0.1, -0.05) is 0 Å². The highest BCUT2D eigenvalue weighted by atomic mass is 16.5. The van der Waals surface area contributed by atoms with Crippen LogP contribution in [-0.2, 0) is 14.3 Å². The van der Waals surface area contributed by atoms with Gasteiger partial charge in [0.25, 0.3) is 0 Å². The summed E-state index contributed by atoms with van der Waals surface area (Å²) in [5.74, 6) is -0.0302. The van der Waals surface area contributed by atoms with Crippen LogP contribution in [0.4, 0.5) is 0 Å². The van der Waals surface area contributed by atoms with Crippen molar-refractivity contribution in [2.24, 2.45) is 0 Å². The number of nitrogens with zero attached hydrogens (tertiary/aromatic N) is 2. The number of nitrogens with one attached hydrogen (secondary N) is 1. The van der Waals surface area contributed by atoms with E-state index < -0.39 is 6.10 Å². The molecule has 0 aliphatic carbocycles. The average molecular weight is 313 g/mol. The molecule has 2 aliphatic rings. The summed E-state index contributed by atoms with van der Waals surface area (Å²) in [6.45, 7) is 6.94. The molecule has 0 bridgehead atoms. The van der Waals surface area contributed by atoms with E-state index >= 15 is 0 Å². The van der Waals surface area contributed by atoms with Gasteiger partial charge in [-0.05, 0) is 40.3 Å². The lowest BCUT2D eigenvalue weighted by molar-refractivity contribution is -0.135. The molecule has 128 valence electrons. The van der Waals surface area contributed by atoms with E-state index in [9.17, 15) is 4.79 Å². The topological polar surface area (TPSA) is 54.0 Å². The zero-order valence-corrected chi connectivity index (χ0v) is 14.2. The van der Waals surface area contributed by atoms with Gasteiger partial charge < -0.3 is 19.7 Å². The minimum atomic E-state index is -0.419. The Kier molecular flexibility index (Phi) is 7.08. The van der Waals surface area contributed by atoms with Gasteiger partial charge in [-0.3, -0.25) is 9.69 Å². The summed E-state index contributed by atoms with van der Waals surface area (Å²) < 4.78 is 11.3. The SMILES string of the molecule is C[C@H](OC[C@H]1CCCCO1)C(=O)NC[C@@H]1CN(C)CCN1C. The molecule has 1 amide bonds. The first-order valence-corrected chi connectivity index (χ1v) is 8.46. The van der Waals surface area contributed by atoms with Crippen LogP contribution in [0.1, 0.15) is 26.2 Å². The molecular formula is C16H31N3O3. The molecular weight excluding hydrogens is 282 g/mol. The van der Waals surface area contributed by atoms with Crippen molar-refractivity contribution in [2.45, 2.75) is 44.4 Å². The fraction of sp³-hybridized carbons (Fsp3) is 0.938. The fourth-order valence-electron chi connectivity index (χ4n) is 2.95. The maximum absolute atomic E-state index is 12.1. The highest BCUT2D eigenvalue weighted by Gasteiger charge is 2.24. The average Bonchev–Trinajstić information content (AvgIpc) is 2.54. The van der Waals surface area contributed by atoms with Crippen LogP contribution < -0.4 is 5.32 Å². The number of carbonyl (C=O) groups is 1. The van der Waals surface area contributed by atoms with Crippen molar-refractivity contribution in [1.29, 1.82) is 0 Å². The molecule has 2 rings (SSSR count). The molecule has 0 aromatic rings. The first kappa shape index (κ1) is 17.7. The standard InChI is InChI=1S/C16H31N3O3/c1-13(22-12-15-6-4-5-9-21-15)16(20)17-10-14-11-18(2)7-8-19(14)3/h13-15H,4-12H2,1-3H3,(H,17,20)/t13-,14+,15+/m0/s1. The van der Waals surface area contributed by atoms with Gasteiger partial charge in [0.1, 0.15) is 6.10 Å². The van der Waals surface area contributed by atoms with Gasteiger partial charge in [0.2, 0.25) is 5.91 Å². The Morgan fingerprint density at radius 1 is 1.36 bits per heavy atom. The third-order valence-corrected chi connectivity index (χ3v) is 4.67. The number of hydrogen-bond donors (Lipinski definition) is 1. The van der Waals surface area contributed by atoms with Gasteiger partial charge >= 0.3 is 0 Å². The molecule has 0 radical (unpaired) electrons.